The number of aromatic nitrogens is 4. The molecular formula is C51H51ClN6O9. The molecule has 0 aliphatic carbocycles. The maximum Gasteiger partial charge on any atom is 0.280 e. The molecule has 15 nitrogen and oxygen atoms in total. The molecule has 7 aromatic rings. The average molecular weight is 927 g/mol. The number of carbonyl (C=O) groups excluding carboxylic acids is 1. The van der Waals surface area contributed by atoms with Crippen molar-refractivity contribution in [1.82, 2.24) is 19.5 Å². The summed E-state index contributed by atoms with van der Waals surface area (Å²) >= 11 is 6.22. The van der Waals surface area contributed by atoms with E-state index in [-0.39, 0.29) is 17.1 Å². The van der Waals surface area contributed by atoms with E-state index in [1.54, 1.807) is 44.6 Å². The second kappa shape index (κ2) is 19.3. The van der Waals surface area contributed by atoms with Gasteiger partial charge in [0.15, 0.2) is 23.2 Å². The van der Waals surface area contributed by atoms with Crippen molar-refractivity contribution >= 4 is 40.3 Å². The van der Waals surface area contributed by atoms with Crippen molar-refractivity contribution < 1.29 is 38.7 Å². The number of aromatic amines is 1. The maximum absolute atomic E-state index is 13.6. The Morgan fingerprint density at radius 3 is 2.04 bits per heavy atom. The van der Waals surface area contributed by atoms with Gasteiger partial charge in [0.2, 0.25) is 5.95 Å². The van der Waals surface area contributed by atoms with Gasteiger partial charge in [0, 0.05) is 48.8 Å². The van der Waals surface area contributed by atoms with E-state index in [1.165, 1.54) is 10.9 Å². The first kappa shape index (κ1) is 45.6. The zero-order valence-electron chi connectivity index (χ0n) is 37.1. The topological polar surface area (TPSA) is 183 Å². The summed E-state index contributed by atoms with van der Waals surface area (Å²) in [7, 11) is 3.17. The third kappa shape index (κ3) is 8.77. The van der Waals surface area contributed by atoms with E-state index in [9.17, 15) is 19.8 Å². The SMILES string of the molecule is CCOC1(O[C@@H]2[C@H](O)[C@@H](C(O)C(c3ccccc3)(c3ccc(OC)cc3)c3ccc(OC)cc3)O[C@H]2n2cnc3c(=O)[nH]c(NC(=O)c4ccccc4)nc32)CCN(c2ccc(Cl)cc2)CC1. The van der Waals surface area contributed by atoms with Crippen LogP contribution < -0.4 is 25.2 Å². The van der Waals surface area contributed by atoms with E-state index in [0.717, 1.165) is 5.69 Å². The van der Waals surface area contributed by atoms with Crippen LogP contribution in [0.25, 0.3) is 11.2 Å². The Bertz CT molecular complexity index is 2790. The normalized spacial score (nSPS) is 19.8. The molecule has 5 aromatic carbocycles. The van der Waals surface area contributed by atoms with Crippen LogP contribution in [0.15, 0.2) is 145 Å². The van der Waals surface area contributed by atoms with Gasteiger partial charge in [-0.05, 0) is 84.3 Å². The van der Waals surface area contributed by atoms with Gasteiger partial charge in [0.1, 0.15) is 35.9 Å². The molecule has 67 heavy (non-hydrogen) atoms. The average Bonchev–Trinajstić information content (AvgIpc) is 3.93. The third-order valence-electron chi connectivity index (χ3n) is 12.8. The second-order valence-electron chi connectivity index (χ2n) is 16.5. The smallest absolute Gasteiger partial charge is 0.280 e. The van der Waals surface area contributed by atoms with E-state index in [1.807, 2.05) is 110 Å². The molecule has 2 aromatic heterocycles. The van der Waals surface area contributed by atoms with Crippen molar-refractivity contribution in [2.45, 2.75) is 61.6 Å². The largest absolute Gasteiger partial charge is 0.497 e. The number of methoxy groups -OCH3 is 2. The zero-order valence-corrected chi connectivity index (χ0v) is 37.9. The van der Waals surface area contributed by atoms with E-state index < -0.39 is 53.3 Å². The van der Waals surface area contributed by atoms with Crippen LogP contribution >= 0.6 is 11.6 Å². The number of H-pyrrole nitrogens is 1. The minimum absolute atomic E-state index is 0.0377. The Hall–Kier alpha value is -6.59. The number of benzene rings is 5. The number of amides is 1. The van der Waals surface area contributed by atoms with Gasteiger partial charge in [0.25, 0.3) is 11.5 Å². The van der Waals surface area contributed by atoms with Crippen molar-refractivity contribution in [3.05, 3.63) is 177 Å². The zero-order chi connectivity index (χ0) is 46.7. The number of anilines is 2. The molecule has 1 unspecified atom stereocenters. The van der Waals surface area contributed by atoms with E-state index >= 15 is 0 Å². The summed E-state index contributed by atoms with van der Waals surface area (Å²) in [5.74, 6) is -0.633. The molecule has 16 heteroatoms. The first-order valence-electron chi connectivity index (χ1n) is 22.1. The van der Waals surface area contributed by atoms with Crippen LogP contribution in [-0.4, -0.2) is 99.8 Å². The molecule has 2 aliphatic heterocycles. The summed E-state index contributed by atoms with van der Waals surface area (Å²) in [5.41, 5.74) is 1.37. The van der Waals surface area contributed by atoms with Crippen LogP contribution in [0.5, 0.6) is 11.5 Å². The molecule has 5 atom stereocenters. The number of aliphatic hydroxyl groups is 2. The fourth-order valence-corrected chi connectivity index (χ4v) is 9.59. The first-order chi connectivity index (χ1) is 32.6. The van der Waals surface area contributed by atoms with Gasteiger partial charge < -0.3 is 38.8 Å². The molecular weight excluding hydrogens is 876 g/mol. The van der Waals surface area contributed by atoms with Gasteiger partial charge in [-0.25, -0.2) is 4.98 Å². The van der Waals surface area contributed by atoms with Crippen LogP contribution in [0, 0.1) is 0 Å². The van der Waals surface area contributed by atoms with Crippen molar-refractivity contribution in [1.29, 1.82) is 0 Å². The number of rotatable bonds is 15. The highest BCUT2D eigenvalue weighted by Gasteiger charge is 2.58. The highest BCUT2D eigenvalue weighted by atomic mass is 35.5. The molecule has 4 N–H and O–H groups in total. The molecule has 346 valence electrons. The van der Waals surface area contributed by atoms with Crippen molar-refractivity contribution in [2.75, 3.05) is 44.1 Å². The lowest BCUT2D eigenvalue weighted by Gasteiger charge is -2.44. The Morgan fingerprint density at radius 1 is 0.881 bits per heavy atom. The monoisotopic (exact) mass is 926 g/mol. The summed E-state index contributed by atoms with van der Waals surface area (Å²) in [4.78, 5) is 40.9. The highest BCUT2D eigenvalue weighted by Crippen LogP contribution is 2.49. The fraction of sp³-hybridized carbons (Fsp3) is 0.294. The maximum atomic E-state index is 13.6. The van der Waals surface area contributed by atoms with E-state index in [2.05, 4.69) is 25.2 Å². The number of carbonyl (C=O) groups is 1. The van der Waals surface area contributed by atoms with Gasteiger partial charge in [0.05, 0.1) is 26.0 Å². The third-order valence-corrected chi connectivity index (χ3v) is 13.0. The van der Waals surface area contributed by atoms with Crippen LogP contribution in [0.2, 0.25) is 5.02 Å². The molecule has 2 saturated heterocycles. The van der Waals surface area contributed by atoms with Crippen LogP contribution in [0.4, 0.5) is 11.6 Å². The number of hydrogen-bond donors (Lipinski definition) is 4. The van der Waals surface area contributed by atoms with Gasteiger partial charge in [-0.1, -0.05) is 84.4 Å². The highest BCUT2D eigenvalue weighted by molar-refractivity contribution is 6.30. The van der Waals surface area contributed by atoms with Crippen molar-refractivity contribution in [3.8, 4) is 11.5 Å². The number of imidazole rings is 1. The molecule has 1 amide bonds. The van der Waals surface area contributed by atoms with Gasteiger partial charge in [-0.15, -0.1) is 0 Å². The Morgan fingerprint density at radius 2 is 1.46 bits per heavy atom. The molecule has 9 rings (SSSR count). The standard InChI is InChI=1S/C51H51ClN6O9/c1-4-65-50(27-29-57(30-28-50)37-21-19-36(52)20-22-37)67-43-41(59)42(66-48(43)58-31-53-40-45(58)54-49(56-47(40)62)55-46(61)32-11-7-5-8-12-32)44(60)51(33-13-9-6-10-14-33,34-15-23-38(63-2)24-16-34)35-17-25-39(64-3)26-18-35/h5-26,31,41-44,48,59-60H,4,27-30H2,1-3H3,(H2,54,55,56,61,62)/t41-,42+,43-,44?,48-/m1/s1. The summed E-state index contributed by atoms with van der Waals surface area (Å²) in [6, 6.07) is 40.5. The number of nitrogens with one attached hydrogen (secondary N) is 2. The Balaban J connectivity index is 1.17. The molecule has 0 spiro atoms. The number of piperidine rings is 1. The minimum atomic E-state index is -1.53. The molecule has 0 radical (unpaired) electrons. The van der Waals surface area contributed by atoms with Gasteiger partial charge in [-0.2, -0.15) is 4.98 Å². The lowest BCUT2D eigenvalue weighted by molar-refractivity contribution is -0.285. The molecule has 2 aliphatic rings. The number of ether oxygens (including phenoxy) is 5. The predicted octanol–water partition coefficient (Wildman–Crippen LogP) is 7.11. The van der Waals surface area contributed by atoms with Gasteiger partial charge >= 0.3 is 0 Å². The minimum Gasteiger partial charge on any atom is -0.497 e. The molecule has 0 bridgehead atoms. The van der Waals surface area contributed by atoms with E-state index in [0.29, 0.717) is 71.3 Å². The lowest BCUT2D eigenvalue weighted by Crippen LogP contribution is -2.55. The first-order valence-corrected chi connectivity index (χ1v) is 22.5. The lowest BCUT2D eigenvalue weighted by atomic mass is 9.64. The summed E-state index contributed by atoms with van der Waals surface area (Å²) in [6.45, 7) is 3.26. The molecule has 0 saturated carbocycles. The number of nitrogens with zero attached hydrogens (tertiary/aromatic N) is 4. The predicted molar refractivity (Wildman–Crippen MR) is 253 cm³/mol. The Labute approximate surface area is 391 Å². The van der Waals surface area contributed by atoms with Gasteiger partial charge in [-0.3, -0.25) is 24.5 Å². The Kier molecular flexibility index (Phi) is 13.1. The fourth-order valence-electron chi connectivity index (χ4n) is 9.46. The van der Waals surface area contributed by atoms with Crippen molar-refractivity contribution in [3.63, 3.8) is 0 Å². The van der Waals surface area contributed by atoms with Crippen LogP contribution in [0.1, 0.15) is 53.0 Å². The summed E-state index contributed by atoms with van der Waals surface area (Å²) in [6.07, 6.45) is -4.73. The number of hydrogen-bond acceptors (Lipinski definition) is 12. The number of aliphatic hydroxyl groups excluding tert-OH is 2. The summed E-state index contributed by atoms with van der Waals surface area (Å²) in [5, 5.41) is 29.7. The molecule has 2 fully saturated rings. The van der Waals surface area contributed by atoms with Crippen LogP contribution in [-0.2, 0) is 19.6 Å². The number of halogens is 1. The van der Waals surface area contributed by atoms with E-state index in [4.69, 9.17) is 35.3 Å². The quantitative estimate of drug-likeness (QED) is 0.0605. The number of fused-ring (bicyclic) bond motifs is 1. The summed E-state index contributed by atoms with van der Waals surface area (Å²) < 4.78 is 33.2. The van der Waals surface area contributed by atoms with Crippen molar-refractivity contribution in [2.24, 2.45) is 0 Å². The van der Waals surface area contributed by atoms with Crippen LogP contribution in [0.3, 0.4) is 0 Å². The second-order valence-corrected chi connectivity index (χ2v) is 16.9. The molecule has 4 heterocycles.